The number of pyridine rings is 1. The number of nitrogens with zero attached hydrogens (tertiary/aromatic N) is 2. The molecule has 6 heteroatoms. The van der Waals surface area contributed by atoms with E-state index >= 15 is 0 Å². The molecule has 0 bridgehead atoms. The highest BCUT2D eigenvalue weighted by Gasteiger charge is 2.27. The molecule has 170 valence electrons. The van der Waals surface area contributed by atoms with Gasteiger partial charge in [0.1, 0.15) is 11.4 Å². The van der Waals surface area contributed by atoms with Crippen LogP contribution in [0, 0.1) is 27.7 Å². The van der Waals surface area contributed by atoms with Gasteiger partial charge in [-0.3, -0.25) is 9.88 Å². The van der Waals surface area contributed by atoms with Crippen LogP contribution in [-0.4, -0.2) is 23.8 Å². The number of carbonyl (C=O) groups is 1. The van der Waals surface area contributed by atoms with E-state index < -0.39 is 11.7 Å². The number of carbonyl (C=O) groups excluding carboxylic acids is 1. The van der Waals surface area contributed by atoms with E-state index in [1.54, 1.807) is 29.5 Å². The van der Waals surface area contributed by atoms with E-state index in [1.165, 1.54) is 11.1 Å². The van der Waals surface area contributed by atoms with Crippen molar-refractivity contribution in [3.63, 3.8) is 0 Å². The molecular weight excluding hydrogens is 420 g/mol. The van der Waals surface area contributed by atoms with Crippen LogP contribution < -0.4 is 9.64 Å². The summed E-state index contributed by atoms with van der Waals surface area (Å²) in [5.74, 6) is 0.793. The molecule has 5 nitrogen and oxygen atoms in total. The number of amides is 1. The van der Waals surface area contributed by atoms with Gasteiger partial charge in [0.05, 0.1) is 25.0 Å². The number of anilines is 1. The molecule has 2 heterocycles. The van der Waals surface area contributed by atoms with Crippen molar-refractivity contribution in [2.75, 3.05) is 12.0 Å². The molecule has 1 aromatic carbocycles. The van der Waals surface area contributed by atoms with Gasteiger partial charge in [0.2, 0.25) is 0 Å². The predicted molar refractivity (Wildman–Crippen MR) is 132 cm³/mol. The second-order valence-electron chi connectivity index (χ2n) is 8.98. The van der Waals surface area contributed by atoms with Crippen molar-refractivity contribution in [2.45, 2.75) is 60.6 Å². The highest BCUT2D eigenvalue weighted by atomic mass is 32.1. The molecule has 0 N–H and O–H groups in total. The van der Waals surface area contributed by atoms with Crippen LogP contribution in [0.1, 0.15) is 48.0 Å². The third-order valence-corrected chi connectivity index (χ3v) is 6.34. The Bertz CT molecular complexity index is 1130. The highest BCUT2D eigenvalue weighted by molar-refractivity contribution is 7.16. The Kier molecular flexibility index (Phi) is 6.94. The maximum atomic E-state index is 13.3. The molecule has 0 saturated carbocycles. The van der Waals surface area contributed by atoms with Gasteiger partial charge in [-0.1, -0.05) is 24.3 Å². The molecule has 0 unspecified atom stereocenters. The average Bonchev–Trinajstić information content (AvgIpc) is 3.08. The van der Waals surface area contributed by atoms with Crippen LogP contribution in [0.2, 0.25) is 0 Å². The fourth-order valence-electron chi connectivity index (χ4n) is 3.67. The Morgan fingerprint density at radius 2 is 1.78 bits per heavy atom. The van der Waals surface area contributed by atoms with Gasteiger partial charge in [0.25, 0.3) is 0 Å². The van der Waals surface area contributed by atoms with E-state index in [9.17, 15) is 4.79 Å². The predicted octanol–water partition coefficient (Wildman–Crippen LogP) is 6.99. The molecule has 1 amide bonds. The molecule has 0 radical (unpaired) electrons. The minimum Gasteiger partial charge on any atom is -0.496 e. The Morgan fingerprint density at radius 1 is 1.09 bits per heavy atom. The van der Waals surface area contributed by atoms with Crippen LogP contribution in [0.4, 0.5) is 10.5 Å². The van der Waals surface area contributed by atoms with E-state index in [0.717, 1.165) is 38.0 Å². The molecule has 0 aliphatic carbocycles. The van der Waals surface area contributed by atoms with Crippen LogP contribution in [0.25, 0.3) is 10.4 Å². The zero-order chi connectivity index (χ0) is 23.6. The zero-order valence-corrected chi connectivity index (χ0v) is 21.0. The number of hydrogen-bond acceptors (Lipinski definition) is 5. The molecule has 0 fully saturated rings. The first kappa shape index (κ1) is 23.8. The van der Waals surface area contributed by atoms with Crippen LogP contribution in [0.3, 0.4) is 0 Å². The maximum Gasteiger partial charge on any atom is 0.415 e. The van der Waals surface area contributed by atoms with Crippen LogP contribution >= 0.6 is 11.3 Å². The quantitative estimate of drug-likeness (QED) is 0.418. The first-order chi connectivity index (χ1) is 15.0. The van der Waals surface area contributed by atoms with Crippen molar-refractivity contribution in [1.82, 2.24) is 4.98 Å². The number of hydrogen-bond donors (Lipinski definition) is 0. The highest BCUT2D eigenvalue weighted by Crippen LogP contribution is 2.39. The SMILES string of the molecule is COc1c(C)cnc(CN(C(=O)OC(C)(C)C)c2cc(-c3ccccc3C)sc2C)c1C. The van der Waals surface area contributed by atoms with Gasteiger partial charge >= 0.3 is 6.09 Å². The van der Waals surface area contributed by atoms with Crippen LogP contribution in [0.15, 0.2) is 36.5 Å². The lowest BCUT2D eigenvalue weighted by atomic mass is 10.1. The Balaban J connectivity index is 2.07. The van der Waals surface area contributed by atoms with Gasteiger partial charge in [-0.25, -0.2) is 4.79 Å². The summed E-state index contributed by atoms with van der Waals surface area (Å²) < 4.78 is 11.3. The van der Waals surface area contributed by atoms with Crippen LogP contribution in [-0.2, 0) is 11.3 Å². The van der Waals surface area contributed by atoms with Crippen molar-refractivity contribution in [1.29, 1.82) is 0 Å². The van der Waals surface area contributed by atoms with Crippen LogP contribution in [0.5, 0.6) is 5.75 Å². The number of benzene rings is 1. The maximum absolute atomic E-state index is 13.3. The Morgan fingerprint density at radius 3 is 2.41 bits per heavy atom. The summed E-state index contributed by atoms with van der Waals surface area (Å²) in [6.07, 6.45) is 1.39. The third-order valence-electron chi connectivity index (χ3n) is 5.26. The number of aromatic nitrogens is 1. The minimum absolute atomic E-state index is 0.294. The first-order valence-corrected chi connectivity index (χ1v) is 11.5. The van der Waals surface area contributed by atoms with Gasteiger partial charge < -0.3 is 9.47 Å². The second kappa shape index (κ2) is 9.33. The largest absolute Gasteiger partial charge is 0.496 e. The van der Waals surface area contributed by atoms with E-state index in [1.807, 2.05) is 53.7 Å². The number of rotatable bonds is 5. The van der Waals surface area contributed by atoms with Gasteiger partial charge in [-0.2, -0.15) is 0 Å². The van der Waals surface area contributed by atoms with E-state index in [0.29, 0.717) is 6.54 Å². The van der Waals surface area contributed by atoms with Crippen molar-refractivity contribution in [2.24, 2.45) is 0 Å². The summed E-state index contributed by atoms with van der Waals surface area (Å²) in [5.41, 5.74) is 5.27. The lowest BCUT2D eigenvalue weighted by molar-refractivity contribution is 0.0577. The molecule has 0 aliphatic rings. The normalized spacial score (nSPS) is 11.4. The summed E-state index contributed by atoms with van der Waals surface area (Å²) in [7, 11) is 1.66. The topological polar surface area (TPSA) is 51.7 Å². The fraction of sp³-hybridized carbons (Fsp3) is 0.385. The molecule has 3 rings (SSSR count). The number of methoxy groups -OCH3 is 1. The third kappa shape index (κ3) is 5.13. The summed E-state index contributed by atoms with van der Waals surface area (Å²) in [6, 6.07) is 10.4. The standard InChI is InChI=1S/C26H32N2O3S/c1-16-11-9-10-12-20(16)23-13-22(19(4)32-23)28(25(29)31-26(5,6)7)15-21-18(3)24(30-8)17(2)14-27-21/h9-14H,15H2,1-8H3. The lowest BCUT2D eigenvalue weighted by Gasteiger charge is -2.28. The average molecular weight is 453 g/mol. The smallest absolute Gasteiger partial charge is 0.415 e. The molecule has 3 aromatic rings. The second-order valence-corrected chi connectivity index (χ2v) is 10.2. The number of aryl methyl sites for hydroxylation is 3. The first-order valence-electron chi connectivity index (χ1n) is 10.7. The lowest BCUT2D eigenvalue weighted by Crippen LogP contribution is -2.37. The molecule has 0 aliphatic heterocycles. The molecule has 0 atom stereocenters. The summed E-state index contributed by atoms with van der Waals surface area (Å²) >= 11 is 1.68. The van der Waals surface area contributed by atoms with Crippen molar-refractivity contribution in [3.8, 4) is 16.2 Å². The van der Waals surface area contributed by atoms with Crippen molar-refractivity contribution in [3.05, 3.63) is 63.8 Å². The summed E-state index contributed by atoms with van der Waals surface area (Å²) in [4.78, 5) is 21.8. The molecule has 0 spiro atoms. The number of thiophene rings is 1. The molecular formula is C26H32N2O3S. The van der Waals surface area contributed by atoms with Crippen molar-refractivity contribution >= 4 is 23.1 Å². The molecule has 32 heavy (non-hydrogen) atoms. The van der Waals surface area contributed by atoms with E-state index in [2.05, 4.69) is 30.1 Å². The minimum atomic E-state index is -0.606. The Hall–Kier alpha value is -2.86. The number of ether oxygens (including phenoxy) is 2. The molecule has 2 aromatic heterocycles. The monoisotopic (exact) mass is 452 g/mol. The van der Waals surface area contributed by atoms with Crippen molar-refractivity contribution < 1.29 is 14.3 Å². The summed E-state index contributed by atoms with van der Waals surface area (Å²) in [5, 5.41) is 0. The Labute approximate surface area is 195 Å². The molecule has 0 saturated heterocycles. The van der Waals surface area contributed by atoms with E-state index in [4.69, 9.17) is 9.47 Å². The van der Waals surface area contributed by atoms with E-state index in [-0.39, 0.29) is 0 Å². The van der Waals surface area contributed by atoms with Gasteiger partial charge in [0.15, 0.2) is 0 Å². The van der Waals surface area contributed by atoms with Gasteiger partial charge in [-0.05, 0) is 65.7 Å². The van der Waals surface area contributed by atoms with Gasteiger partial charge in [0, 0.05) is 27.1 Å². The summed E-state index contributed by atoms with van der Waals surface area (Å²) in [6.45, 7) is 14.0. The van der Waals surface area contributed by atoms with Gasteiger partial charge in [-0.15, -0.1) is 11.3 Å². The fourth-order valence-corrected chi connectivity index (χ4v) is 4.78. The zero-order valence-electron chi connectivity index (χ0n) is 20.2.